The monoisotopic (exact) mass is 147 g/mol. The number of aliphatic hydroxyl groups excluding tert-OH is 2. The fourth-order valence-corrected chi connectivity index (χ4v) is 0.624. The van der Waals surface area contributed by atoms with Gasteiger partial charge in [-0.25, -0.2) is 0 Å². The van der Waals surface area contributed by atoms with Gasteiger partial charge in [0.05, 0.1) is 6.61 Å². The van der Waals surface area contributed by atoms with E-state index in [0.29, 0.717) is 6.61 Å². The Hall–Kier alpha value is -0.650. The van der Waals surface area contributed by atoms with Gasteiger partial charge in [0, 0.05) is 0 Å². The smallest absolute Gasteiger partial charge is 0.249 e. The van der Waals surface area contributed by atoms with Crippen LogP contribution in [0.4, 0.5) is 0 Å². The SMILES string of the molecule is NC(=O)[C@@H](O)[C@H](O)[C@H]1CO1. The predicted octanol–water partition coefficient (Wildman–Crippen LogP) is -2.41. The van der Waals surface area contributed by atoms with Gasteiger partial charge in [0.15, 0.2) is 6.10 Å². The number of carbonyl (C=O) groups excluding carboxylic acids is 1. The van der Waals surface area contributed by atoms with Gasteiger partial charge in [0.25, 0.3) is 0 Å². The van der Waals surface area contributed by atoms with Gasteiger partial charge in [-0.1, -0.05) is 0 Å². The Balaban J connectivity index is 2.38. The minimum Gasteiger partial charge on any atom is -0.387 e. The van der Waals surface area contributed by atoms with Crippen molar-refractivity contribution in [3.63, 3.8) is 0 Å². The van der Waals surface area contributed by atoms with E-state index in [1.54, 1.807) is 0 Å². The first-order valence-corrected chi connectivity index (χ1v) is 2.90. The molecule has 10 heavy (non-hydrogen) atoms. The lowest BCUT2D eigenvalue weighted by Crippen LogP contribution is -2.41. The Labute approximate surface area is 57.4 Å². The van der Waals surface area contributed by atoms with Crippen molar-refractivity contribution in [1.29, 1.82) is 0 Å². The van der Waals surface area contributed by atoms with E-state index in [9.17, 15) is 4.79 Å². The summed E-state index contributed by atoms with van der Waals surface area (Å²) in [6.45, 7) is 0.380. The van der Waals surface area contributed by atoms with E-state index in [4.69, 9.17) is 15.9 Å². The Bertz CT molecular complexity index is 145. The van der Waals surface area contributed by atoms with Gasteiger partial charge in [-0.05, 0) is 0 Å². The largest absolute Gasteiger partial charge is 0.387 e. The van der Waals surface area contributed by atoms with Gasteiger partial charge in [-0.2, -0.15) is 0 Å². The number of ether oxygens (including phenoxy) is 1. The molecule has 1 saturated heterocycles. The Kier molecular flexibility index (Phi) is 1.89. The van der Waals surface area contributed by atoms with Crippen molar-refractivity contribution in [3.05, 3.63) is 0 Å². The molecule has 0 radical (unpaired) electrons. The third kappa shape index (κ3) is 1.44. The highest BCUT2D eigenvalue weighted by Crippen LogP contribution is 2.16. The molecule has 1 aliphatic heterocycles. The first-order valence-electron chi connectivity index (χ1n) is 2.90. The molecule has 0 unspecified atom stereocenters. The molecule has 1 aliphatic rings. The summed E-state index contributed by atoms with van der Waals surface area (Å²) in [5.41, 5.74) is 4.70. The summed E-state index contributed by atoms with van der Waals surface area (Å²) >= 11 is 0. The van der Waals surface area contributed by atoms with Crippen LogP contribution in [0.3, 0.4) is 0 Å². The molecule has 0 bridgehead atoms. The zero-order chi connectivity index (χ0) is 7.72. The fourth-order valence-electron chi connectivity index (χ4n) is 0.624. The van der Waals surface area contributed by atoms with Crippen LogP contribution < -0.4 is 5.73 Å². The molecule has 0 aromatic carbocycles. The van der Waals surface area contributed by atoms with Crippen LogP contribution >= 0.6 is 0 Å². The molecule has 0 aliphatic carbocycles. The van der Waals surface area contributed by atoms with Crippen LogP contribution in [0.25, 0.3) is 0 Å². The molecule has 58 valence electrons. The molecule has 0 aromatic heterocycles. The molecule has 1 heterocycles. The first-order chi connectivity index (χ1) is 4.63. The number of hydrogen-bond acceptors (Lipinski definition) is 4. The molecular formula is C5H9NO4. The van der Waals surface area contributed by atoms with Gasteiger partial charge < -0.3 is 20.7 Å². The van der Waals surface area contributed by atoms with Gasteiger partial charge in [0.1, 0.15) is 12.2 Å². The molecule has 1 amide bonds. The van der Waals surface area contributed by atoms with Crippen LogP contribution in [0.15, 0.2) is 0 Å². The van der Waals surface area contributed by atoms with Crippen LogP contribution in [0, 0.1) is 0 Å². The van der Waals surface area contributed by atoms with Crippen molar-refractivity contribution in [2.75, 3.05) is 6.61 Å². The molecule has 1 fully saturated rings. The molecule has 5 nitrogen and oxygen atoms in total. The molecular weight excluding hydrogens is 138 g/mol. The Morgan fingerprint density at radius 1 is 1.70 bits per heavy atom. The van der Waals surface area contributed by atoms with E-state index >= 15 is 0 Å². The van der Waals surface area contributed by atoms with Gasteiger partial charge in [-0.3, -0.25) is 4.79 Å². The molecule has 3 atom stereocenters. The van der Waals surface area contributed by atoms with Crippen LogP contribution in [0.5, 0.6) is 0 Å². The van der Waals surface area contributed by atoms with Gasteiger partial charge >= 0.3 is 0 Å². The highest BCUT2D eigenvalue weighted by molar-refractivity contribution is 5.79. The van der Waals surface area contributed by atoms with Gasteiger partial charge in [-0.15, -0.1) is 0 Å². The molecule has 4 N–H and O–H groups in total. The molecule has 0 aromatic rings. The number of primary amides is 1. The van der Waals surface area contributed by atoms with Crippen molar-refractivity contribution < 1.29 is 19.7 Å². The summed E-state index contributed by atoms with van der Waals surface area (Å²) in [5.74, 6) is -0.928. The number of epoxide rings is 1. The van der Waals surface area contributed by atoms with Crippen LogP contribution in [0.2, 0.25) is 0 Å². The number of nitrogens with two attached hydrogens (primary N) is 1. The van der Waals surface area contributed by atoms with Gasteiger partial charge in [0.2, 0.25) is 5.91 Å². The molecule has 5 heteroatoms. The molecule has 1 rings (SSSR count). The zero-order valence-electron chi connectivity index (χ0n) is 5.23. The summed E-state index contributed by atoms with van der Waals surface area (Å²) in [6.07, 6.45) is -3.09. The van der Waals surface area contributed by atoms with Crippen LogP contribution in [0.1, 0.15) is 0 Å². The lowest BCUT2D eigenvalue weighted by atomic mass is 10.1. The summed E-state index contributed by atoms with van der Waals surface area (Å²) in [7, 11) is 0. The van der Waals surface area contributed by atoms with Crippen molar-refractivity contribution >= 4 is 5.91 Å². The average molecular weight is 147 g/mol. The quantitative estimate of drug-likeness (QED) is 0.387. The number of aliphatic hydroxyl groups is 2. The third-order valence-corrected chi connectivity index (χ3v) is 1.36. The summed E-state index contributed by atoms with van der Waals surface area (Å²) < 4.78 is 4.62. The summed E-state index contributed by atoms with van der Waals surface area (Å²) in [6, 6.07) is 0. The maximum absolute atomic E-state index is 10.2. The van der Waals surface area contributed by atoms with E-state index in [2.05, 4.69) is 4.74 Å². The lowest BCUT2D eigenvalue weighted by molar-refractivity contribution is -0.132. The van der Waals surface area contributed by atoms with Crippen LogP contribution in [-0.4, -0.2) is 41.0 Å². The summed E-state index contributed by atoms with van der Waals surface area (Å²) in [5, 5.41) is 17.8. The maximum atomic E-state index is 10.2. The number of amides is 1. The second kappa shape index (κ2) is 2.53. The zero-order valence-corrected chi connectivity index (χ0v) is 5.23. The maximum Gasteiger partial charge on any atom is 0.249 e. The summed E-state index contributed by atoms with van der Waals surface area (Å²) in [4.78, 5) is 10.2. The first kappa shape index (κ1) is 7.46. The van der Waals surface area contributed by atoms with E-state index in [0.717, 1.165) is 0 Å². The van der Waals surface area contributed by atoms with E-state index in [1.807, 2.05) is 0 Å². The molecule has 0 saturated carbocycles. The van der Waals surface area contributed by atoms with E-state index in [1.165, 1.54) is 0 Å². The van der Waals surface area contributed by atoms with Crippen molar-refractivity contribution in [3.8, 4) is 0 Å². The van der Waals surface area contributed by atoms with E-state index in [-0.39, 0.29) is 0 Å². The second-order valence-corrected chi connectivity index (χ2v) is 2.21. The highest BCUT2D eigenvalue weighted by atomic mass is 16.6. The minimum atomic E-state index is -1.51. The predicted molar refractivity (Wildman–Crippen MR) is 30.9 cm³/mol. The number of carbonyl (C=O) groups is 1. The third-order valence-electron chi connectivity index (χ3n) is 1.36. The van der Waals surface area contributed by atoms with Crippen molar-refractivity contribution in [1.82, 2.24) is 0 Å². The van der Waals surface area contributed by atoms with Crippen molar-refractivity contribution in [2.24, 2.45) is 5.73 Å². The van der Waals surface area contributed by atoms with Crippen LogP contribution in [-0.2, 0) is 9.53 Å². The van der Waals surface area contributed by atoms with Crippen molar-refractivity contribution in [2.45, 2.75) is 18.3 Å². The van der Waals surface area contributed by atoms with E-state index < -0.39 is 24.2 Å². The highest BCUT2D eigenvalue weighted by Gasteiger charge is 2.38. The number of rotatable bonds is 3. The Morgan fingerprint density at radius 3 is 2.50 bits per heavy atom. The normalized spacial score (nSPS) is 29.2. The lowest BCUT2D eigenvalue weighted by Gasteiger charge is -2.10. The topological polar surface area (TPSA) is 96.1 Å². The second-order valence-electron chi connectivity index (χ2n) is 2.21. The standard InChI is InChI=1S/C5H9NO4/c6-5(9)4(8)3(7)2-1-10-2/h2-4,7-8H,1H2,(H2,6,9)/t2-,3-,4+/m1/s1. The average Bonchev–Trinajstić information content (AvgIpc) is 2.65. The number of hydrogen-bond donors (Lipinski definition) is 3. The molecule has 0 spiro atoms. The Morgan fingerprint density at radius 2 is 2.20 bits per heavy atom. The minimum absolute atomic E-state index is 0.380. The fraction of sp³-hybridized carbons (Fsp3) is 0.800.